The molecule has 0 aliphatic heterocycles. The van der Waals surface area contributed by atoms with Crippen LogP contribution in [0, 0.1) is 0 Å². The Labute approximate surface area is 142 Å². The third-order valence-electron chi connectivity index (χ3n) is 4.10. The molecular formula is C20H33ClO. The molecule has 1 nitrogen and oxygen atoms in total. The first-order valence-electron chi connectivity index (χ1n) is 9.14. The molecule has 0 bridgehead atoms. The second kappa shape index (κ2) is 13.9. The molecule has 0 N–H and O–H groups in total. The van der Waals surface area contributed by atoms with Gasteiger partial charge in [0.05, 0.1) is 5.88 Å². The smallest absolute Gasteiger partial charge is 0.119 e. The lowest BCUT2D eigenvalue weighted by atomic mass is 10.0. The fraction of sp³-hybridized carbons (Fsp3) is 0.700. The number of hydrogen-bond donors (Lipinski definition) is 0. The Morgan fingerprint density at radius 1 is 0.818 bits per heavy atom. The SMILES string of the molecule is CCCCCCCCCCCCC(CCl)Oc1ccccc1. The third kappa shape index (κ3) is 10.1. The third-order valence-corrected chi connectivity index (χ3v) is 4.44. The molecule has 0 saturated carbocycles. The number of rotatable bonds is 14. The van der Waals surface area contributed by atoms with Crippen LogP contribution in [0.25, 0.3) is 0 Å². The minimum Gasteiger partial charge on any atom is -0.489 e. The number of para-hydroxylation sites is 1. The Kier molecular flexibility index (Phi) is 12.3. The lowest BCUT2D eigenvalue weighted by molar-refractivity contribution is 0.209. The summed E-state index contributed by atoms with van der Waals surface area (Å²) in [6.45, 7) is 2.27. The van der Waals surface area contributed by atoms with Crippen LogP contribution in [-0.2, 0) is 0 Å². The molecule has 0 fully saturated rings. The van der Waals surface area contributed by atoms with Crippen molar-refractivity contribution in [2.75, 3.05) is 5.88 Å². The molecule has 0 aliphatic rings. The van der Waals surface area contributed by atoms with Crippen LogP contribution < -0.4 is 4.74 Å². The molecule has 126 valence electrons. The van der Waals surface area contributed by atoms with Crippen LogP contribution in [0.1, 0.15) is 77.6 Å². The average molecular weight is 325 g/mol. The van der Waals surface area contributed by atoms with E-state index in [9.17, 15) is 0 Å². The zero-order chi connectivity index (χ0) is 15.9. The van der Waals surface area contributed by atoms with Gasteiger partial charge in [0.15, 0.2) is 0 Å². The molecule has 1 rings (SSSR count). The van der Waals surface area contributed by atoms with Crippen LogP contribution in [0.15, 0.2) is 30.3 Å². The Balaban J connectivity index is 1.96. The molecule has 1 unspecified atom stereocenters. The molecule has 0 aromatic heterocycles. The maximum absolute atomic E-state index is 6.02. The highest BCUT2D eigenvalue weighted by Crippen LogP contribution is 2.17. The summed E-state index contributed by atoms with van der Waals surface area (Å²) in [4.78, 5) is 0. The van der Waals surface area contributed by atoms with Gasteiger partial charge in [-0.05, 0) is 25.0 Å². The van der Waals surface area contributed by atoms with E-state index in [4.69, 9.17) is 16.3 Å². The predicted octanol–water partition coefficient (Wildman–Crippen LogP) is 6.98. The number of ether oxygens (including phenoxy) is 1. The molecule has 1 atom stereocenters. The van der Waals surface area contributed by atoms with Gasteiger partial charge in [-0.25, -0.2) is 0 Å². The summed E-state index contributed by atoms with van der Waals surface area (Å²) in [5.74, 6) is 1.51. The van der Waals surface area contributed by atoms with Crippen molar-refractivity contribution < 1.29 is 4.74 Å². The van der Waals surface area contributed by atoms with Gasteiger partial charge in [-0.15, -0.1) is 11.6 Å². The first-order valence-corrected chi connectivity index (χ1v) is 9.68. The van der Waals surface area contributed by atoms with Crippen LogP contribution >= 0.6 is 11.6 Å². The van der Waals surface area contributed by atoms with Gasteiger partial charge in [0.25, 0.3) is 0 Å². The van der Waals surface area contributed by atoms with Crippen molar-refractivity contribution in [3.63, 3.8) is 0 Å². The highest BCUT2D eigenvalue weighted by Gasteiger charge is 2.08. The van der Waals surface area contributed by atoms with Gasteiger partial charge < -0.3 is 4.74 Å². The Bertz CT molecular complexity index is 339. The van der Waals surface area contributed by atoms with Crippen LogP contribution in [0.2, 0.25) is 0 Å². The number of hydrogen-bond acceptors (Lipinski definition) is 1. The molecule has 1 aromatic rings. The lowest BCUT2D eigenvalue weighted by Crippen LogP contribution is -2.18. The number of unbranched alkanes of at least 4 members (excludes halogenated alkanes) is 9. The summed E-state index contributed by atoms with van der Waals surface area (Å²) < 4.78 is 5.91. The number of benzene rings is 1. The summed E-state index contributed by atoms with van der Waals surface area (Å²) in [5.41, 5.74) is 0. The molecular weight excluding hydrogens is 292 g/mol. The molecule has 1 aromatic carbocycles. The molecule has 0 saturated heterocycles. The van der Waals surface area contributed by atoms with Crippen LogP contribution in [0.5, 0.6) is 5.75 Å². The first kappa shape index (κ1) is 19.4. The van der Waals surface area contributed by atoms with Gasteiger partial charge in [0, 0.05) is 0 Å². The zero-order valence-electron chi connectivity index (χ0n) is 14.2. The van der Waals surface area contributed by atoms with Crippen molar-refractivity contribution in [3.8, 4) is 5.75 Å². The van der Waals surface area contributed by atoms with Gasteiger partial charge >= 0.3 is 0 Å². The maximum Gasteiger partial charge on any atom is 0.119 e. The van der Waals surface area contributed by atoms with Crippen molar-refractivity contribution in [2.24, 2.45) is 0 Å². The summed E-state index contributed by atoms with van der Waals surface area (Å²) in [6, 6.07) is 10.0. The lowest BCUT2D eigenvalue weighted by Gasteiger charge is -2.16. The number of alkyl halides is 1. The van der Waals surface area contributed by atoms with E-state index in [2.05, 4.69) is 6.92 Å². The Morgan fingerprint density at radius 3 is 1.91 bits per heavy atom. The molecule has 0 amide bonds. The van der Waals surface area contributed by atoms with Crippen LogP contribution in [0.3, 0.4) is 0 Å². The Morgan fingerprint density at radius 2 is 1.36 bits per heavy atom. The zero-order valence-corrected chi connectivity index (χ0v) is 15.0. The van der Waals surface area contributed by atoms with Gasteiger partial charge in [-0.2, -0.15) is 0 Å². The van der Waals surface area contributed by atoms with E-state index in [-0.39, 0.29) is 6.10 Å². The molecule has 2 heteroatoms. The molecule has 0 spiro atoms. The van der Waals surface area contributed by atoms with Crippen molar-refractivity contribution >= 4 is 11.6 Å². The molecule has 0 radical (unpaired) electrons. The van der Waals surface area contributed by atoms with E-state index in [1.54, 1.807) is 0 Å². The second-order valence-corrected chi connectivity index (χ2v) is 6.49. The molecule has 22 heavy (non-hydrogen) atoms. The first-order chi connectivity index (χ1) is 10.9. The van der Waals surface area contributed by atoms with E-state index < -0.39 is 0 Å². The summed E-state index contributed by atoms with van der Waals surface area (Å²) in [7, 11) is 0. The van der Waals surface area contributed by atoms with Gasteiger partial charge in [-0.3, -0.25) is 0 Å². The second-order valence-electron chi connectivity index (χ2n) is 6.18. The van der Waals surface area contributed by atoms with E-state index in [1.165, 1.54) is 64.2 Å². The van der Waals surface area contributed by atoms with Crippen molar-refractivity contribution in [2.45, 2.75) is 83.7 Å². The highest BCUT2D eigenvalue weighted by molar-refractivity contribution is 6.18. The Hall–Kier alpha value is -0.690. The largest absolute Gasteiger partial charge is 0.489 e. The molecule has 0 aliphatic carbocycles. The normalized spacial score (nSPS) is 12.3. The van der Waals surface area contributed by atoms with Gasteiger partial charge in [-0.1, -0.05) is 82.9 Å². The minimum atomic E-state index is 0.151. The fourth-order valence-electron chi connectivity index (χ4n) is 2.72. The van der Waals surface area contributed by atoms with Crippen molar-refractivity contribution in [3.05, 3.63) is 30.3 Å². The van der Waals surface area contributed by atoms with Crippen molar-refractivity contribution in [1.29, 1.82) is 0 Å². The highest BCUT2D eigenvalue weighted by atomic mass is 35.5. The van der Waals surface area contributed by atoms with E-state index in [0.29, 0.717) is 5.88 Å². The molecule has 0 heterocycles. The van der Waals surface area contributed by atoms with Gasteiger partial charge in [0.1, 0.15) is 11.9 Å². The standard InChI is InChI=1S/C20H33ClO/c1-2-3-4-5-6-7-8-9-10-12-17-20(18-21)22-19-15-13-11-14-16-19/h11,13-16,20H,2-10,12,17-18H2,1H3. The predicted molar refractivity (Wildman–Crippen MR) is 98.0 cm³/mol. The fourth-order valence-corrected chi connectivity index (χ4v) is 2.94. The van der Waals surface area contributed by atoms with Gasteiger partial charge in [0.2, 0.25) is 0 Å². The summed E-state index contributed by atoms with van der Waals surface area (Å²) in [5, 5.41) is 0. The van der Waals surface area contributed by atoms with E-state index in [1.807, 2.05) is 30.3 Å². The number of halogens is 1. The van der Waals surface area contributed by atoms with Crippen LogP contribution in [-0.4, -0.2) is 12.0 Å². The van der Waals surface area contributed by atoms with E-state index in [0.717, 1.165) is 12.2 Å². The average Bonchev–Trinajstić information content (AvgIpc) is 2.56. The topological polar surface area (TPSA) is 9.23 Å². The quantitative estimate of drug-likeness (QED) is 0.265. The van der Waals surface area contributed by atoms with Crippen molar-refractivity contribution in [1.82, 2.24) is 0 Å². The minimum absolute atomic E-state index is 0.151. The monoisotopic (exact) mass is 324 g/mol. The maximum atomic E-state index is 6.02. The summed E-state index contributed by atoms with van der Waals surface area (Å²) in [6.07, 6.45) is 14.9. The van der Waals surface area contributed by atoms with Crippen LogP contribution in [0.4, 0.5) is 0 Å². The van der Waals surface area contributed by atoms with E-state index >= 15 is 0 Å². The summed E-state index contributed by atoms with van der Waals surface area (Å²) >= 11 is 6.02.